The first-order valence-electron chi connectivity index (χ1n) is 9.33. The van der Waals surface area contributed by atoms with Crippen LogP contribution in [-0.4, -0.2) is 48.0 Å². The van der Waals surface area contributed by atoms with E-state index in [2.05, 4.69) is 10.1 Å². The Hall–Kier alpha value is -2.90. The van der Waals surface area contributed by atoms with Crippen molar-refractivity contribution in [3.05, 3.63) is 35.4 Å². The molecule has 1 saturated heterocycles. The molecule has 0 bridgehead atoms. The minimum atomic E-state index is -0.926. The van der Waals surface area contributed by atoms with Gasteiger partial charge in [-0.25, -0.2) is 9.59 Å². The predicted molar refractivity (Wildman–Crippen MR) is 100 cm³/mol. The zero-order valence-electron chi connectivity index (χ0n) is 16.4. The molecule has 1 aliphatic heterocycles. The topological polar surface area (TPSA) is 102 Å². The van der Waals surface area contributed by atoms with E-state index < -0.39 is 30.1 Å². The fourth-order valence-electron chi connectivity index (χ4n) is 3.33. The molecule has 1 N–H and O–H groups in total. The van der Waals surface area contributed by atoms with Gasteiger partial charge in [0.25, 0.3) is 5.91 Å². The molecule has 0 spiro atoms. The molecule has 8 nitrogen and oxygen atoms in total. The number of urea groups is 1. The summed E-state index contributed by atoms with van der Waals surface area (Å²) in [5.74, 6) is -1.50. The Labute approximate surface area is 164 Å². The van der Waals surface area contributed by atoms with Crippen LogP contribution in [0.1, 0.15) is 55.5 Å². The molecule has 152 valence electrons. The van der Waals surface area contributed by atoms with Crippen LogP contribution in [0, 0.1) is 0 Å². The second-order valence-electron chi connectivity index (χ2n) is 6.75. The van der Waals surface area contributed by atoms with Crippen LogP contribution in [0.2, 0.25) is 0 Å². The molecule has 0 aromatic heterocycles. The van der Waals surface area contributed by atoms with Gasteiger partial charge >= 0.3 is 18.0 Å². The summed E-state index contributed by atoms with van der Waals surface area (Å²) in [6.07, 6.45) is 2.55. The number of carbonyl (C=O) groups is 4. The molecule has 1 aliphatic rings. The van der Waals surface area contributed by atoms with Crippen LogP contribution in [0.5, 0.6) is 0 Å². The Balaban J connectivity index is 1.94. The number of methoxy groups -OCH3 is 1. The van der Waals surface area contributed by atoms with E-state index in [-0.39, 0.29) is 12.5 Å². The maximum atomic E-state index is 12.7. The maximum absolute atomic E-state index is 12.7. The molecule has 0 aliphatic carbocycles. The van der Waals surface area contributed by atoms with Gasteiger partial charge in [-0.3, -0.25) is 14.5 Å². The van der Waals surface area contributed by atoms with Crippen molar-refractivity contribution in [2.75, 3.05) is 13.7 Å². The number of esters is 2. The number of nitrogens with zero attached hydrogens (tertiary/aromatic N) is 1. The monoisotopic (exact) mass is 390 g/mol. The first-order valence-corrected chi connectivity index (χ1v) is 9.33. The maximum Gasteiger partial charge on any atom is 0.337 e. The Morgan fingerprint density at radius 2 is 1.68 bits per heavy atom. The van der Waals surface area contributed by atoms with Gasteiger partial charge in [0.15, 0.2) is 0 Å². The fraction of sp³-hybridized carbons (Fsp3) is 0.500. The summed E-state index contributed by atoms with van der Waals surface area (Å²) >= 11 is 0. The zero-order chi connectivity index (χ0) is 20.7. The zero-order valence-corrected chi connectivity index (χ0v) is 16.4. The van der Waals surface area contributed by atoms with Gasteiger partial charge in [0, 0.05) is 0 Å². The number of rotatable bonds is 9. The first kappa shape index (κ1) is 21.4. The SMILES string of the molecule is CCCC1(CCC)NC(=O)N(CC(=O)OCc2ccc(C(=O)OC)cc2)C1=O. The van der Waals surface area contributed by atoms with Crippen molar-refractivity contribution in [3.8, 4) is 0 Å². The third kappa shape index (κ3) is 4.68. The molecular weight excluding hydrogens is 364 g/mol. The Kier molecular flexibility index (Phi) is 7.14. The summed E-state index contributed by atoms with van der Waals surface area (Å²) in [6.45, 7) is 3.43. The van der Waals surface area contributed by atoms with Gasteiger partial charge in [0.05, 0.1) is 12.7 Å². The minimum Gasteiger partial charge on any atom is -0.465 e. The van der Waals surface area contributed by atoms with Gasteiger partial charge in [-0.2, -0.15) is 0 Å². The number of amides is 3. The van der Waals surface area contributed by atoms with E-state index in [1.54, 1.807) is 24.3 Å². The number of benzene rings is 1. The van der Waals surface area contributed by atoms with Gasteiger partial charge in [-0.05, 0) is 30.5 Å². The Bertz CT molecular complexity index is 738. The van der Waals surface area contributed by atoms with Crippen molar-refractivity contribution < 1.29 is 28.7 Å². The number of hydrogen-bond donors (Lipinski definition) is 1. The van der Waals surface area contributed by atoms with Gasteiger partial charge in [0.2, 0.25) is 0 Å². The average molecular weight is 390 g/mol. The third-order valence-electron chi connectivity index (χ3n) is 4.66. The average Bonchev–Trinajstić information content (AvgIpc) is 2.91. The fourth-order valence-corrected chi connectivity index (χ4v) is 3.33. The lowest BCUT2D eigenvalue weighted by Crippen LogP contribution is -2.47. The lowest BCUT2D eigenvalue weighted by atomic mass is 9.88. The lowest BCUT2D eigenvalue weighted by Gasteiger charge is -2.25. The van der Waals surface area contributed by atoms with Gasteiger partial charge in [-0.1, -0.05) is 38.8 Å². The highest BCUT2D eigenvalue weighted by Crippen LogP contribution is 2.28. The van der Waals surface area contributed by atoms with E-state index in [0.29, 0.717) is 24.0 Å². The normalized spacial score (nSPS) is 15.3. The summed E-state index contributed by atoms with van der Waals surface area (Å²) in [7, 11) is 1.30. The largest absolute Gasteiger partial charge is 0.465 e. The first-order chi connectivity index (χ1) is 13.4. The van der Waals surface area contributed by atoms with Crippen molar-refractivity contribution in [2.45, 2.75) is 51.7 Å². The Morgan fingerprint density at radius 3 is 2.21 bits per heavy atom. The molecule has 1 fully saturated rings. The molecule has 2 rings (SSSR count). The standard InChI is InChI=1S/C20H26N2O6/c1-4-10-20(11-5-2)18(25)22(19(26)21-20)12-16(23)28-13-14-6-8-15(9-7-14)17(24)27-3/h6-9H,4-5,10-13H2,1-3H3,(H,21,26). The minimum absolute atomic E-state index is 0.0288. The van der Waals surface area contributed by atoms with Crippen molar-refractivity contribution >= 4 is 23.9 Å². The molecule has 1 heterocycles. The molecule has 0 saturated carbocycles. The Morgan fingerprint density at radius 1 is 1.07 bits per heavy atom. The highest BCUT2D eigenvalue weighted by molar-refractivity contribution is 6.08. The highest BCUT2D eigenvalue weighted by Gasteiger charge is 2.50. The van der Waals surface area contributed by atoms with E-state index >= 15 is 0 Å². The van der Waals surface area contributed by atoms with Crippen LogP contribution >= 0.6 is 0 Å². The van der Waals surface area contributed by atoms with Crippen molar-refractivity contribution in [2.24, 2.45) is 0 Å². The van der Waals surface area contributed by atoms with Crippen LogP contribution in [0.3, 0.4) is 0 Å². The summed E-state index contributed by atoms with van der Waals surface area (Å²) < 4.78 is 9.79. The van der Waals surface area contributed by atoms with Crippen LogP contribution in [-0.2, 0) is 25.7 Å². The third-order valence-corrected chi connectivity index (χ3v) is 4.66. The summed E-state index contributed by atoms with van der Waals surface area (Å²) in [5.41, 5.74) is 0.134. The van der Waals surface area contributed by atoms with E-state index in [1.165, 1.54) is 7.11 Å². The molecular formula is C20H26N2O6. The number of carbonyl (C=O) groups excluding carboxylic acids is 4. The molecule has 0 atom stereocenters. The number of imide groups is 1. The van der Waals surface area contributed by atoms with E-state index in [0.717, 1.165) is 17.7 Å². The number of ether oxygens (including phenoxy) is 2. The number of nitrogens with one attached hydrogen (secondary N) is 1. The van der Waals surface area contributed by atoms with Crippen molar-refractivity contribution in [1.82, 2.24) is 10.2 Å². The van der Waals surface area contributed by atoms with Crippen LogP contribution in [0.25, 0.3) is 0 Å². The van der Waals surface area contributed by atoms with E-state index in [9.17, 15) is 19.2 Å². The molecule has 28 heavy (non-hydrogen) atoms. The second kappa shape index (κ2) is 9.34. The second-order valence-corrected chi connectivity index (χ2v) is 6.75. The van der Waals surface area contributed by atoms with Crippen LogP contribution in [0.15, 0.2) is 24.3 Å². The van der Waals surface area contributed by atoms with Crippen LogP contribution in [0.4, 0.5) is 4.79 Å². The highest BCUT2D eigenvalue weighted by atomic mass is 16.5. The number of hydrogen-bond acceptors (Lipinski definition) is 6. The van der Waals surface area contributed by atoms with Gasteiger partial charge in [-0.15, -0.1) is 0 Å². The van der Waals surface area contributed by atoms with Crippen molar-refractivity contribution in [3.63, 3.8) is 0 Å². The van der Waals surface area contributed by atoms with Gasteiger partial charge in [0.1, 0.15) is 18.7 Å². The van der Waals surface area contributed by atoms with Gasteiger partial charge < -0.3 is 14.8 Å². The predicted octanol–water partition coefficient (Wildman–Crippen LogP) is 2.41. The van der Waals surface area contributed by atoms with E-state index in [1.807, 2.05) is 13.8 Å². The van der Waals surface area contributed by atoms with E-state index in [4.69, 9.17) is 4.74 Å². The molecule has 0 radical (unpaired) electrons. The molecule has 3 amide bonds. The van der Waals surface area contributed by atoms with Crippen LogP contribution < -0.4 is 5.32 Å². The summed E-state index contributed by atoms with van der Waals surface area (Å²) in [5, 5.41) is 2.76. The quantitative estimate of drug-likeness (QED) is 0.513. The molecule has 1 aromatic carbocycles. The molecule has 8 heteroatoms. The van der Waals surface area contributed by atoms with Crippen molar-refractivity contribution in [1.29, 1.82) is 0 Å². The summed E-state index contributed by atoms with van der Waals surface area (Å²) in [6, 6.07) is 5.85. The lowest BCUT2D eigenvalue weighted by molar-refractivity contribution is -0.149. The smallest absolute Gasteiger partial charge is 0.337 e. The molecule has 1 aromatic rings. The molecule has 0 unspecified atom stereocenters. The summed E-state index contributed by atoms with van der Waals surface area (Å²) in [4.78, 5) is 49.5.